The smallest absolute Gasteiger partial charge is 0.416 e. The zero-order chi connectivity index (χ0) is 23.8. The maximum absolute atomic E-state index is 13.9. The minimum atomic E-state index is -4.71. The molecular formula is C23H19F5N2O2. The Morgan fingerprint density at radius 2 is 1.62 bits per heavy atom. The number of rotatable bonds is 4. The van der Waals surface area contributed by atoms with Gasteiger partial charge in [-0.15, -0.1) is 0 Å². The average molecular weight is 450 g/mol. The van der Waals surface area contributed by atoms with Crippen molar-refractivity contribution in [1.29, 1.82) is 0 Å². The molecule has 3 rings (SSSR count). The molecule has 2 aromatic carbocycles. The van der Waals surface area contributed by atoms with Crippen LogP contribution >= 0.6 is 0 Å². The van der Waals surface area contributed by atoms with Crippen molar-refractivity contribution in [3.8, 4) is 11.5 Å². The minimum Gasteiger partial charge on any atom is -0.456 e. The van der Waals surface area contributed by atoms with Crippen LogP contribution in [0.2, 0.25) is 0 Å². The number of pyridine rings is 1. The van der Waals surface area contributed by atoms with Gasteiger partial charge in [0.2, 0.25) is 0 Å². The first-order chi connectivity index (χ1) is 14.9. The molecule has 9 heteroatoms. The van der Waals surface area contributed by atoms with Gasteiger partial charge in [-0.25, -0.2) is 8.78 Å². The second-order valence-corrected chi connectivity index (χ2v) is 7.29. The molecule has 0 fully saturated rings. The van der Waals surface area contributed by atoms with E-state index in [2.05, 4.69) is 10.3 Å². The summed E-state index contributed by atoms with van der Waals surface area (Å²) in [7, 11) is 0. The Morgan fingerprint density at radius 1 is 0.969 bits per heavy atom. The first-order valence-corrected chi connectivity index (χ1v) is 9.48. The Kier molecular flexibility index (Phi) is 6.20. The van der Waals surface area contributed by atoms with Gasteiger partial charge < -0.3 is 10.1 Å². The third kappa shape index (κ3) is 4.56. The maximum atomic E-state index is 13.9. The van der Waals surface area contributed by atoms with E-state index in [1.54, 1.807) is 19.9 Å². The van der Waals surface area contributed by atoms with E-state index in [9.17, 15) is 26.7 Å². The molecule has 32 heavy (non-hydrogen) atoms. The van der Waals surface area contributed by atoms with Gasteiger partial charge in [-0.3, -0.25) is 9.78 Å². The fourth-order valence-electron chi connectivity index (χ4n) is 3.17. The molecule has 0 atom stereocenters. The summed E-state index contributed by atoms with van der Waals surface area (Å²) >= 11 is 0. The fourth-order valence-corrected chi connectivity index (χ4v) is 3.17. The van der Waals surface area contributed by atoms with Crippen molar-refractivity contribution < 1.29 is 31.5 Å². The predicted octanol–water partition coefficient (Wildman–Crippen LogP) is 6.66. The van der Waals surface area contributed by atoms with Gasteiger partial charge in [-0.05, 0) is 69.2 Å². The lowest BCUT2D eigenvalue weighted by atomic mass is 9.99. The van der Waals surface area contributed by atoms with Gasteiger partial charge in [0.15, 0.2) is 11.6 Å². The van der Waals surface area contributed by atoms with Crippen molar-refractivity contribution in [2.45, 2.75) is 33.9 Å². The van der Waals surface area contributed by atoms with E-state index in [1.807, 2.05) is 0 Å². The number of alkyl halides is 3. The quantitative estimate of drug-likeness (QED) is 0.453. The highest BCUT2D eigenvalue weighted by Crippen LogP contribution is 2.39. The summed E-state index contributed by atoms with van der Waals surface area (Å²) in [5.41, 5.74) is -0.370. The highest BCUT2D eigenvalue weighted by molar-refractivity contribution is 6.08. The Labute approximate surface area is 181 Å². The topological polar surface area (TPSA) is 51.2 Å². The van der Waals surface area contributed by atoms with Gasteiger partial charge in [-0.1, -0.05) is 0 Å². The Balaban J connectivity index is 2.12. The van der Waals surface area contributed by atoms with Crippen LogP contribution in [-0.4, -0.2) is 10.9 Å². The van der Waals surface area contributed by atoms with Crippen LogP contribution in [0.4, 0.5) is 27.6 Å². The number of carbonyl (C=O) groups excluding carboxylic acids is 1. The molecular weight excluding hydrogens is 431 g/mol. The van der Waals surface area contributed by atoms with Crippen molar-refractivity contribution in [2.75, 3.05) is 5.32 Å². The van der Waals surface area contributed by atoms with Gasteiger partial charge >= 0.3 is 6.18 Å². The molecule has 0 aliphatic rings. The number of anilines is 1. The van der Waals surface area contributed by atoms with Crippen molar-refractivity contribution in [3.63, 3.8) is 0 Å². The normalized spacial score (nSPS) is 11.4. The van der Waals surface area contributed by atoms with E-state index in [1.165, 1.54) is 13.1 Å². The number of aryl methyl sites for hydroxylation is 2. The zero-order valence-corrected chi connectivity index (χ0v) is 17.6. The van der Waals surface area contributed by atoms with E-state index in [-0.39, 0.29) is 28.2 Å². The van der Waals surface area contributed by atoms with Gasteiger partial charge in [0, 0.05) is 23.1 Å². The second-order valence-electron chi connectivity index (χ2n) is 7.29. The fraction of sp³-hybridized carbons (Fsp3) is 0.217. The van der Waals surface area contributed by atoms with Crippen LogP contribution in [-0.2, 0) is 6.18 Å². The summed E-state index contributed by atoms with van der Waals surface area (Å²) in [6.07, 6.45) is -3.19. The average Bonchev–Trinajstić information content (AvgIpc) is 2.70. The second kappa shape index (κ2) is 8.57. The number of halogens is 5. The lowest BCUT2D eigenvalue weighted by molar-refractivity contribution is -0.138. The standard InChI is InChI=1S/C23H19F5N2O2/c1-11-10-29-12(2)9-17(11)30-22(31)20-13(3)15(23(26,27)28)5-7-19(20)32-18-8-6-16(24)21(25)14(18)4/h5-10H,1-4H3,(H,29,30,31). The van der Waals surface area contributed by atoms with Crippen LogP contribution in [0.5, 0.6) is 11.5 Å². The number of carbonyl (C=O) groups is 1. The summed E-state index contributed by atoms with van der Waals surface area (Å²) < 4.78 is 73.4. The summed E-state index contributed by atoms with van der Waals surface area (Å²) in [5.74, 6) is -3.46. The molecule has 1 aromatic heterocycles. The molecule has 1 N–H and O–H groups in total. The highest BCUT2D eigenvalue weighted by atomic mass is 19.4. The molecule has 0 spiro atoms. The molecule has 0 saturated heterocycles. The Hall–Kier alpha value is -3.49. The van der Waals surface area contributed by atoms with Gasteiger partial charge in [-0.2, -0.15) is 13.2 Å². The molecule has 0 unspecified atom stereocenters. The van der Waals surface area contributed by atoms with Crippen LogP contribution in [0.1, 0.15) is 38.3 Å². The summed E-state index contributed by atoms with van der Waals surface area (Å²) in [6.45, 7) is 5.79. The number of nitrogens with zero attached hydrogens (tertiary/aromatic N) is 1. The molecule has 1 heterocycles. The highest BCUT2D eigenvalue weighted by Gasteiger charge is 2.35. The van der Waals surface area contributed by atoms with Crippen LogP contribution in [0.3, 0.4) is 0 Å². The molecule has 0 aliphatic carbocycles. The number of benzene rings is 2. The summed E-state index contributed by atoms with van der Waals surface area (Å²) in [6, 6.07) is 5.31. The maximum Gasteiger partial charge on any atom is 0.416 e. The van der Waals surface area contributed by atoms with Crippen LogP contribution < -0.4 is 10.1 Å². The molecule has 0 aliphatic heterocycles. The lowest BCUT2D eigenvalue weighted by Gasteiger charge is -2.19. The van der Waals surface area contributed by atoms with E-state index >= 15 is 0 Å². The number of nitrogens with one attached hydrogen (secondary N) is 1. The van der Waals surface area contributed by atoms with Crippen molar-refractivity contribution in [3.05, 3.63) is 81.7 Å². The number of ether oxygens (including phenoxy) is 1. The van der Waals surface area contributed by atoms with Gasteiger partial charge in [0.1, 0.15) is 11.5 Å². The van der Waals surface area contributed by atoms with Crippen molar-refractivity contribution >= 4 is 11.6 Å². The van der Waals surface area contributed by atoms with E-state index in [0.717, 1.165) is 31.2 Å². The molecule has 3 aromatic rings. The SMILES string of the molecule is Cc1cc(NC(=O)c2c(Oc3ccc(F)c(F)c3C)ccc(C(F)(F)F)c2C)c(C)cn1. The summed E-state index contributed by atoms with van der Waals surface area (Å²) in [4.78, 5) is 17.2. The number of hydrogen-bond donors (Lipinski definition) is 1. The third-order valence-electron chi connectivity index (χ3n) is 4.96. The molecule has 168 valence electrons. The van der Waals surface area contributed by atoms with E-state index < -0.39 is 29.3 Å². The molecule has 0 radical (unpaired) electrons. The van der Waals surface area contributed by atoms with Crippen molar-refractivity contribution in [2.24, 2.45) is 0 Å². The monoisotopic (exact) mass is 450 g/mol. The first kappa shape index (κ1) is 23.2. The van der Waals surface area contributed by atoms with Crippen LogP contribution in [0.15, 0.2) is 36.5 Å². The minimum absolute atomic E-state index is 0.131. The van der Waals surface area contributed by atoms with Gasteiger partial charge in [0.05, 0.1) is 11.1 Å². The van der Waals surface area contributed by atoms with E-state index in [4.69, 9.17) is 4.74 Å². The number of aromatic nitrogens is 1. The molecule has 1 amide bonds. The Bertz CT molecular complexity index is 1210. The first-order valence-electron chi connectivity index (χ1n) is 9.48. The lowest BCUT2D eigenvalue weighted by Crippen LogP contribution is -2.19. The molecule has 0 bridgehead atoms. The van der Waals surface area contributed by atoms with Crippen molar-refractivity contribution in [1.82, 2.24) is 4.98 Å². The van der Waals surface area contributed by atoms with Crippen LogP contribution in [0, 0.1) is 39.3 Å². The van der Waals surface area contributed by atoms with E-state index in [0.29, 0.717) is 16.9 Å². The zero-order valence-electron chi connectivity index (χ0n) is 17.6. The summed E-state index contributed by atoms with van der Waals surface area (Å²) in [5, 5.41) is 2.59. The van der Waals surface area contributed by atoms with Crippen LogP contribution in [0.25, 0.3) is 0 Å². The number of amides is 1. The molecule has 0 saturated carbocycles. The third-order valence-corrected chi connectivity index (χ3v) is 4.96. The largest absolute Gasteiger partial charge is 0.456 e. The Morgan fingerprint density at radius 3 is 2.28 bits per heavy atom. The van der Waals surface area contributed by atoms with Gasteiger partial charge in [0.25, 0.3) is 5.91 Å². The molecule has 4 nitrogen and oxygen atoms in total. The predicted molar refractivity (Wildman–Crippen MR) is 109 cm³/mol. The number of hydrogen-bond acceptors (Lipinski definition) is 3.